The Kier molecular flexibility index (Phi) is 4.57. The molecular formula is C20H21N5O4. The highest BCUT2D eigenvalue weighted by Crippen LogP contribution is 2.57. The normalized spacial score (nSPS) is 17.5. The number of urea groups is 2. The number of amides is 4. The van der Waals surface area contributed by atoms with Gasteiger partial charge in [-0.3, -0.25) is 10.1 Å². The van der Waals surface area contributed by atoms with Crippen molar-refractivity contribution in [3.63, 3.8) is 0 Å². The van der Waals surface area contributed by atoms with E-state index in [2.05, 4.69) is 21.3 Å². The molecule has 0 atom stereocenters. The first-order valence-electron chi connectivity index (χ1n) is 9.39. The molecule has 0 aromatic heterocycles. The summed E-state index contributed by atoms with van der Waals surface area (Å²) in [5.41, 5.74) is 0.211. The predicted octanol–water partition coefficient (Wildman–Crippen LogP) is 3.60. The number of nitro benzene ring substituents is 1. The number of nitro groups is 1. The van der Waals surface area contributed by atoms with Gasteiger partial charge in [-0.25, -0.2) is 9.59 Å². The maximum absolute atomic E-state index is 12.5. The number of benzene rings is 2. The van der Waals surface area contributed by atoms with Crippen LogP contribution in [0.5, 0.6) is 0 Å². The minimum atomic E-state index is -0.494. The number of anilines is 2. The molecule has 4 rings (SSSR count). The summed E-state index contributed by atoms with van der Waals surface area (Å²) in [6, 6.07) is 14.1. The van der Waals surface area contributed by atoms with Crippen LogP contribution in [0.4, 0.5) is 26.7 Å². The lowest BCUT2D eigenvalue weighted by Crippen LogP contribution is -2.57. The van der Waals surface area contributed by atoms with Gasteiger partial charge < -0.3 is 21.3 Å². The van der Waals surface area contributed by atoms with Crippen LogP contribution in [-0.2, 0) is 0 Å². The van der Waals surface area contributed by atoms with Crippen LogP contribution in [0.15, 0.2) is 54.6 Å². The third-order valence-electron chi connectivity index (χ3n) is 5.49. The number of carbonyl (C=O) groups excluding carboxylic acids is 2. The lowest BCUT2D eigenvalue weighted by atomic mass is 10.0. The van der Waals surface area contributed by atoms with Crippen molar-refractivity contribution < 1.29 is 14.5 Å². The molecule has 4 amide bonds. The summed E-state index contributed by atoms with van der Waals surface area (Å²) >= 11 is 0. The lowest BCUT2D eigenvalue weighted by molar-refractivity contribution is -0.384. The predicted molar refractivity (Wildman–Crippen MR) is 108 cm³/mol. The van der Waals surface area contributed by atoms with Crippen LogP contribution in [0.2, 0.25) is 0 Å². The number of hydrogen-bond donors (Lipinski definition) is 4. The Morgan fingerprint density at radius 2 is 1.21 bits per heavy atom. The van der Waals surface area contributed by atoms with E-state index in [1.165, 1.54) is 24.3 Å². The average molecular weight is 395 g/mol. The molecule has 4 N–H and O–H groups in total. The summed E-state index contributed by atoms with van der Waals surface area (Å²) in [6.07, 6.45) is 3.17. The topological polar surface area (TPSA) is 125 Å². The second-order valence-corrected chi connectivity index (χ2v) is 7.49. The minimum absolute atomic E-state index is 0.0415. The van der Waals surface area contributed by atoms with Crippen molar-refractivity contribution in [2.24, 2.45) is 0 Å². The standard InChI is InChI=1S/C20H21N5O4/c26-17(21-14-4-2-1-3-5-14)23-19(10-11-19)20(12-13-20)24-18(27)22-15-6-8-16(9-7-15)25(28)29/h1-9H,10-13H2,(H2,21,23,26)(H2,22,24,27). The fourth-order valence-corrected chi connectivity index (χ4v) is 3.64. The van der Waals surface area contributed by atoms with Gasteiger partial charge in [-0.1, -0.05) is 18.2 Å². The summed E-state index contributed by atoms with van der Waals surface area (Å²) in [6.45, 7) is 0. The number of para-hydroxylation sites is 1. The van der Waals surface area contributed by atoms with Crippen LogP contribution in [0.25, 0.3) is 0 Å². The van der Waals surface area contributed by atoms with Gasteiger partial charge in [0.1, 0.15) is 0 Å². The third-order valence-corrected chi connectivity index (χ3v) is 5.49. The van der Waals surface area contributed by atoms with E-state index < -0.39 is 22.0 Å². The van der Waals surface area contributed by atoms with Gasteiger partial charge in [-0.05, 0) is 49.9 Å². The second-order valence-electron chi connectivity index (χ2n) is 7.49. The van der Waals surface area contributed by atoms with Crippen LogP contribution in [0.1, 0.15) is 25.7 Å². The molecular weight excluding hydrogens is 374 g/mol. The van der Waals surface area contributed by atoms with Gasteiger partial charge in [-0.2, -0.15) is 0 Å². The van der Waals surface area contributed by atoms with E-state index >= 15 is 0 Å². The largest absolute Gasteiger partial charge is 0.330 e. The quantitative estimate of drug-likeness (QED) is 0.440. The summed E-state index contributed by atoms with van der Waals surface area (Å²) in [7, 11) is 0. The highest BCUT2D eigenvalue weighted by atomic mass is 16.6. The van der Waals surface area contributed by atoms with Gasteiger partial charge in [-0.15, -0.1) is 0 Å². The van der Waals surface area contributed by atoms with Crippen LogP contribution in [-0.4, -0.2) is 28.1 Å². The highest BCUT2D eigenvalue weighted by Gasteiger charge is 2.67. The van der Waals surface area contributed by atoms with E-state index in [-0.39, 0.29) is 11.7 Å². The first-order chi connectivity index (χ1) is 13.9. The Bertz CT molecular complexity index is 937. The van der Waals surface area contributed by atoms with E-state index in [0.29, 0.717) is 11.4 Å². The molecule has 0 aliphatic heterocycles. The number of carbonyl (C=O) groups is 2. The Morgan fingerprint density at radius 1 is 0.759 bits per heavy atom. The van der Waals surface area contributed by atoms with E-state index in [1.54, 1.807) is 0 Å². The number of non-ortho nitro benzene ring substituents is 1. The number of nitrogens with zero attached hydrogens (tertiary/aromatic N) is 1. The van der Waals surface area contributed by atoms with Gasteiger partial charge in [0.15, 0.2) is 0 Å². The molecule has 2 aromatic rings. The molecule has 0 heterocycles. The Morgan fingerprint density at radius 3 is 1.62 bits per heavy atom. The molecule has 9 nitrogen and oxygen atoms in total. The molecule has 2 aromatic carbocycles. The van der Waals surface area contributed by atoms with Gasteiger partial charge in [0.05, 0.1) is 16.0 Å². The van der Waals surface area contributed by atoms with Gasteiger partial charge >= 0.3 is 12.1 Å². The molecule has 0 unspecified atom stereocenters. The third kappa shape index (κ3) is 3.98. The van der Waals surface area contributed by atoms with Gasteiger partial charge in [0.25, 0.3) is 5.69 Å². The summed E-state index contributed by atoms with van der Waals surface area (Å²) in [5, 5.41) is 22.3. The first-order valence-corrected chi connectivity index (χ1v) is 9.39. The van der Waals surface area contributed by atoms with E-state index in [1.807, 2.05) is 30.3 Å². The zero-order valence-corrected chi connectivity index (χ0v) is 15.6. The fourth-order valence-electron chi connectivity index (χ4n) is 3.64. The smallest absolute Gasteiger partial charge is 0.319 e. The van der Waals surface area contributed by atoms with Crippen molar-refractivity contribution in [1.29, 1.82) is 0 Å². The molecule has 0 spiro atoms. The molecule has 150 valence electrons. The maximum atomic E-state index is 12.5. The first kappa shape index (κ1) is 18.7. The summed E-state index contributed by atoms with van der Waals surface area (Å²) in [4.78, 5) is 35.1. The molecule has 2 fully saturated rings. The van der Waals surface area contributed by atoms with Gasteiger partial charge in [0.2, 0.25) is 0 Å². The van der Waals surface area contributed by atoms with Crippen molar-refractivity contribution in [1.82, 2.24) is 10.6 Å². The molecule has 2 aliphatic carbocycles. The minimum Gasteiger partial charge on any atom is -0.330 e. The van der Waals surface area contributed by atoms with Crippen LogP contribution in [0.3, 0.4) is 0 Å². The second kappa shape index (κ2) is 7.08. The van der Waals surface area contributed by atoms with E-state index in [0.717, 1.165) is 25.7 Å². The molecule has 2 aliphatic rings. The van der Waals surface area contributed by atoms with Crippen molar-refractivity contribution in [2.45, 2.75) is 36.8 Å². The monoisotopic (exact) mass is 395 g/mol. The summed E-state index contributed by atoms with van der Waals surface area (Å²) in [5.74, 6) is 0. The zero-order chi connectivity index (χ0) is 20.5. The average Bonchev–Trinajstić information content (AvgIpc) is 3.60. The molecule has 0 bridgehead atoms. The number of hydrogen-bond acceptors (Lipinski definition) is 4. The Labute approximate surface area is 167 Å². The molecule has 0 radical (unpaired) electrons. The molecule has 9 heteroatoms. The van der Waals surface area contributed by atoms with Crippen LogP contribution >= 0.6 is 0 Å². The molecule has 29 heavy (non-hydrogen) atoms. The Balaban J connectivity index is 1.35. The van der Waals surface area contributed by atoms with E-state index in [4.69, 9.17) is 0 Å². The van der Waals surface area contributed by atoms with Crippen molar-refractivity contribution in [3.05, 3.63) is 64.7 Å². The molecule has 2 saturated carbocycles. The van der Waals surface area contributed by atoms with Crippen molar-refractivity contribution in [3.8, 4) is 0 Å². The zero-order valence-electron chi connectivity index (χ0n) is 15.6. The lowest BCUT2D eigenvalue weighted by Gasteiger charge is -2.29. The van der Waals surface area contributed by atoms with E-state index in [9.17, 15) is 19.7 Å². The van der Waals surface area contributed by atoms with Crippen molar-refractivity contribution >= 4 is 29.1 Å². The molecule has 0 saturated heterocycles. The maximum Gasteiger partial charge on any atom is 0.319 e. The number of rotatable bonds is 6. The van der Waals surface area contributed by atoms with Crippen LogP contribution in [0, 0.1) is 10.1 Å². The summed E-state index contributed by atoms with van der Waals surface area (Å²) < 4.78 is 0. The SMILES string of the molecule is O=C(Nc1ccccc1)NC1(C2(NC(=O)Nc3ccc([N+](=O)[O-])cc3)CC2)CC1. The fraction of sp³-hybridized carbons (Fsp3) is 0.300. The van der Waals surface area contributed by atoms with Gasteiger partial charge in [0, 0.05) is 23.5 Å². The van der Waals surface area contributed by atoms with Crippen molar-refractivity contribution in [2.75, 3.05) is 10.6 Å². The van der Waals surface area contributed by atoms with Crippen LogP contribution < -0.4 is 21.3 Å². The highest BCUT2D eigenvalue weighted by molar-refractivity contribution is 5.92. The number of nitrogens with one attached hydrogen (secondary N) is 4. The Hall–Kier alpha value is -3.62.